The zero-order valence-electron chi connectivity index (χ0n) is 9.99. The fourth-order valence-electron chi connectivity index (χ4n) is 1.77. The van der Waals surface area contributed by atoms with E-state index >= 15 is 0 Å². The highest BCUT2D eigenvalue weighted by Crippen LogP contribution is 2.36. The molecule has 0 aliphatic heterocycles. The van der Waals surface area contributed by atoms with Crippen LogP contribution in [0.25, 0.3) is 0 Å². The third kappa shape index (κ3) is 3.12. The van der Waals surface area contributed by atoms with E-state index < -0.39 is 0 Å². The van der Waals surface area contributed by atoms with E-state index in [0.29, 0.717) is 11.7 Å². The highest BCUT2D eigenvalue weighted by Gasteiger charge is 2.23. The van der Waals surface area contributed by atoms with Crippen LogP contribution in [0.5, 0.6) is 5.75 Å². The topological polar surface area (TPSA) is 20.2 Å². The van der Waals surface area contributed by atoms with Gasteiger partial charge in [-0.05, 0) is 30.0 Å². The Morgan fingerprint density at radius 2 is 1.67 bits per heavy atom. The fourth-order valence-corrected chi connectivity index (χ4v) is 1.77. The first kappa shape index (κ1) is 11.8. The SMILES string of the molecule is CC=CC(c1ccc(O)cc1)C(C)(C)C. The molecular weight excluding hydrogens is 184 g/mol. The van der Waals surface area contributed by atoms with Crippen molar-refractivity contribution in [3.05, 3.63) is 42.0 Å². The first-order valence-electron chi connectivity index (χ1n) is 5.37. The number of hydrogen-bond acceptors (Lipinski definition) is 1. The predicted octanol–water partition coefficient (Wildman–Crippen LogP) is 4.10. The van der Waals surface area contributed by atoms with Crippen molar-refractivity contribution in [1.82, 2.24) is 0 Å². The molecule has 0 bridgehead atoms. The molecule has 0 aliphatic carbocycles. The minimum Gasteiger partial charge on any atom is -0.508 e. The van der Waals surface area contributed by atoms with Crippen LogP contribution in [0.2, 0.25) is 0 Å². The molecule has 1 aromatic carbocycles. The number of hydrogen-bond donors (Lipinski definition) is 1. The molecule has 1 atom stereocenters. The summed E-state index contributed by atoms with van der Waals surface area (Å²) < 4.78 is 0. The molecule has 1 heteroatoms. The first-order valence-corrected chi connectivity index (χ1v) is 5.37. The molecule has 15 heavy (non-hydrogen) atoms. The monoisotopic (exact) mass is 204 g/mol. The summed E-state index contributed by atoms with van der Waals surface area (Å²) in [5, 5.41) is 9.25. The lowest BCUT2D eigenvalue weighted by atomic mass is 9.76. The Morgan fingerprint density at radius 1 is 1.13 bits per heavy atom. The molecule has 0 saturated carbocycles. The van der Waals surface area contributed by atoms with E-state index in [4.69, 9.17) is 0 Å². The summed E-state index contributed by atoms with van der Waals surface area (Å²) in [6.45, 7) is 8.72. The fraction of sp³-hybridized carbons (Fsp3) is 0.429. The molecule has 1 aromatic rings. The largest absolute Gasteiger partial charge is 0.508 e. The van der Waals surface area contributed by atoms with Gasteiger partial charge in [-0.3, -0.25) is 0 Å². The van der Waals surface area contributed by atoms with Crippen molar-refractivity contribution in [2.75, 3.05) is 0 Å². The van der Waals surface area contributed by atoms with Crippen LogP contribution in [0.1, 0.15) is 39.2 Å². The van der Waals surface area contributed by atoms with Gasteiger partial charge in [-0.15, -0.1) is 0 Å². The van der Waals surface area contributed by atoms with Crippen LogP contribution in [-0.2, 0) is 0 Å². The van der Waals surface area contributed by atoms with Crippen molar-refractivity contribution in [2.24, 2.45) is 5.41 Å². The lowest BCUT2D eigenvalue weighted by molar-refractivity contribution is 0.366. The molecular formula is C14H20O. The Hall–Kier alpha value is -1.24. The number of phenolic OH excluding ortho intramolecular Hbond substituents is 1. The first-order chi connectivity index (χ1) is 6.95. The van der Waals surface area contributed by atoms with Gasteiger partial charge in [0.25, 0.3) is 0 Å². The molecule has 1 rings (SSSR count). The summed E-state index contributed by atoms with van der Waals surface area (Å²) in [5.41, 5.74) is 1.45. The number of benzene rings is 1. The second-order valence-corrected chi connectivity index (χ2v) is 4.96. The molecule has 0 aliphatic rings. The van der Waals surface area contributed by atoms with Gasteiger partial charge in [0.2, 0.25) is 0 Å². The van der Waals surface area contributed by atoms with Gasteiger partial charge in [-0.2, -0.15) is 0 Å². The summed E-state index contributed by atoms with van der Waals surface area (Å²) in [5.74, 6) is 0.718. The molecule has 0 spiro atoms. The van der Waals surface area contributed by atoms with Gasteiger partial charge in [-0.1, -0.05) is 45.1 Å². The average Bonchev–Trinajstić information content (AvgIpc) is 2.14. The second kappa shape index (κ2) is 4.52. The Kier molecular flexibility index (Phi) is 3.57. The summed E-state index contributed by atoms with van der Waals surface area (Å²) in [6, 6.07) is 7.48. The van der Waals surface area contributed by atoms with Crippen LogP contribution < -0.4 is 0 Å². The quantitative estimate of drug-likeness (QED) is 0.719. The minimum atomic E-state index is 0.198. The van der Waals surface area contributed by atoms with E-state index in [1.807, 2.05) is 19.1 Å². The maximum atomic E-state index is 9.25. The van der Waals surface area contributed by atoms with Crippen LogP contribution in [0.15, 0.2) is 36.4 Å². The van der Waals surface area contributed by atoms with Crippen LogP contribution >= 0.6 is 0 Å². The Morgan fingerprint density at radius 3 is 2.07 bits per heavy atom. The lowest BCUT2D eigenvalue weighted by Crippen LogP contribution is -2.16. The van der Waals surface area contributed by atoms with E-state index in [1.54, 1.807) is 12.1 Å². The van der Waals surface area contributed by atoms with Crippen molar-refractivity contribution in [1.29, 1.82) is 0 Å². The van der Waals surface area contributed by atoms with E-state index in [1.165, 1.54) is 5.56 Å². The maximum absolute atomic E-state index is 9.25. The number of aromatic hydroxyl groups is 1. The van der Waals surface area contributed by atoms with Gasteiger partial charge < -0.3 is 5.11 Å². The van der Waals surface area contributed by atoms with Gasteiger partial charge in [0.15, 0.2) is 0 Å². The molecule has 82 valence electrons. The third-order valence-electron chi connectivity index (χ3n) is 2.57. The average molecular weight is 204 g/mol. The third-order valence-corrected chi connectivity index (χ3v) is 2.57. The van der Waals surface area contributed by atoms with Crippen molar-refractivity contribution < 1.29 is 5.11 Å². The minimum absolute atomic E-state index is 0.198. The smallest absolute Gasteiger partial charge is 0.115 e. The molecule has 1 unspecified atom stereocenters. The van der Waals surface area contributed by atoms with Crippen molar-refractivity contribution in [3.8, 4) is 5.75 Å². The molecule has 0 fully saturated rings. The van der Waals surface area contributed by atoms with Crippen LogP contribution in [0.4, 0.5) is 0 Å². The molecule has 0 aromatic heterocycles. The highest BCUT2D eigenvalue weighted by molar-refractivity contribution is 5.31. The molecule has 1 N–H and O–H groups in total. The van der Waals surface area contributed by atoms with E-state index in [9.17, 15) is 5.11 Å². The van der Waals surface area contributed by atoms with Crippen LogP contribution in [-0.4, -0.2) is 5.11 Å². The summed E-state index contributed by atoms with van der Waals surface area (Å²) in [6.07, 6.45) is 4.30. The zero-order valence-corrected chi connectivity index (χ0v) is 9.99. The summed E-state index contributed by atoms with van der Waals surface area (Å²) in [7, 11) is 0. The van der Waals surface area contributed by atoms with Crippen LogP contribution in [0.3, 0.4) is 0 Å². The summed E-state index contributed by atoms with van der Waals surface area (Å²) in [4.78, 5) is 0. The maximum Gasteiger partial charge on any atom is 0.115 e. The van der Waals surface area contributed by atoms with Crippen molar-refractivity contribution in [3.63, 3.8) is 0 Å². The van der Waals surface area contributed by atoms with Gasteiger partial charge in [0, 0.05) is 5.92 Å². The Labute approximate surface area is 92.5 Å². The van der Waals surface area contributed by atoms with Crippen LogP contribution in [0, 0.1) is 5.41 Å². The predicted molar refractivity (Wildman–Crippen MR) is 65.1 cm³/mol. The van der Waals surface area contributed by atoms with Crippen molar-refractivity contribution >= 4 is 0 Å². The second-order valence-electron chi connectivity index (χ2n) is 4.96. The highest BCUT2D eigenvalue weighted by atomic mass is 16.3. The molecule has 0 saturated heterocycles. The van der Waals surface area contributed by atoms with Crippen molar-refractivity contribution in [2.45, 2.75) is 33.6 Å². The number of allylic oxidation sites excluding steroid dienone is 2. The lowest BCUT2D eigenvalue weighted by Gasteiger charge is -2.28. The van der Waals surface area contributed by atoms with Gasteiger partial charge in [0.05, 0.1) is 0 Å². The van der Waals surface area contributed by atoms with E-state index in [2.05, 4.69) is 32.9 Å². The standard InChI is InChI=1S/C14H20O/c1-5-6-13(14(2,3)4)11-7-9-12(15)10-8-11/h5-10,13,15H,1-4H3. The van der Waals surface area contributed by atoms with Gasteiger partial charge in [0.1, 0.15) is 5.75 Å². The Bertz CT molecular complexity index is 327. The molecule has 0 radical (unpaired) electrons. The molecule has 0 amide bonds. The molecule has 1 nitrogen and oxygen atoms in total. The van der Waals surface area contributed by atoms with E-state index in [-0.39, 0.29) is 5.41 Å². The molecule has 0 heterocycles. The number of phenols is 1. The van der Waals surface area contributed by atoms with Gasteiger partial charge in [-0.25, -0.2) is 0 Å². The number of rotatable bonds is 2. The normalized spacial score (nSPS) is 14.4. The summed E-state index contributed by atoms with van der Waals surface area (Å²) >= 11 is 0. The van der Waals surface area contributed by atoms with Gasteiger partial charge >= 0.3 is 0 Å². The van der Waals surface area contributed by atoms with E-state index in [0.717, 1.165) is 0 Å². The Balaban J connectivity index is 3.05. The zero-order chi connectivity index (χ0) is 11.5.